The van der Waals surface area contributed by atoms with Gasteiger partial charge >= 0.3 is 0 Å². The van der Waals surface area contributed by atoms with Crippen molar-refractivity contribution in [2.24, 2.45) is 11.3 Å². The van der Waals surface area contributed by atoms with Crippen LogP contribution in [-0.2, 0) is 0 Å². The molecule has 1 unspecified atom stereocenters. The van der Waals surface area contributed by atoms with Crippen LogP contribution in [-0.4, -0.2) is 36.2 Å². The first-order valence-electron chi connectivity index (χ1n) is 5.37. The van der Waals surface area contributed by atoms with Gasteiger partial charge in [-0.05, 0) is 30.7 Å². The number of hydrogen-bond donors (Lipinski definition) is 1. The summed E-state index contributed by atoms with van der Waals surface area (Å²) in [7, 11) is 0. The Balaban J connectivity index is 2.28. The number of nitrogens with zero attached hydrogens (tertiary/aromatic N) is 1. The number of likely N-dealkylation sites (tertiary alicyclic amines) is 1. The van der Waals surface area contributed by atoms with Crippen molar-refractivity contribution in [1.29, 1.82) is 0 Å². The zero-order chi connectivity index (χ0) is 9.90. The maximum Gasteiger partial charge on any atom is 0.0443 e. The molecule has 78 valence electrons. The Kier molecular flexibility index (Phi) is 3.74. The summed E-state index contributed by atoms with van der Waals surface area (Å²) in [4.78, 5) is 2.48. The Bertz CT molecular complexity index is 151. The fourth-order valence-electron chi connectivity index (χ4n) is 2.04. The monoisotopic (exact) mass is 185 g/mol. The fourth-order valence-corrected chi connectivity index (χ4v) is 2.04. The standard InChI is InChI=1S/C11H23NO/c1-11(2,3)10-5-7-12(9-10)6-4-8-13/h10,13H,4-9H2,1-3H3. The van der Waals surface area contributed by atoms with E-state index in [4.69, 9.17) is 5.11 Å². The lowest BCUT2D eigenvalue weighted by Crippen LogP contribution is -2.27. The molecule has 0 spiro atoms. The molecule has 13 heavy (non-hydrogen) atoms. The molecule has 1 heterocycles. The second-order valence-electron chi connectivity index (χ2n) is 5.23. The van der Waals surface area contributed by atoms with Gasteiger partial charge in [0.2, 0.25) is 0 Å². The third-order valence-electron chi connectivity index (χ3n) is 3.13. The lowest BCUT2D eigenvalue weighted by atomic mass is 9.80. The van der Waals surface area contributed by atoms with Crippen LogP contribution in [0, 0.1) is 11.3 Å². The van der Waals surface area contributed by atoms with Crippen molar-refractivity contribution in [3.63, 3.8) is 0 Å². The average molecular weight is 185 g/mol. The van der Waals surface area contributed by atoms with Crippen LogP contribution in [0.5, 0.6) is 0 Å². The van der Waals surface area contributed by atoms with E-state index in [0.717, 1.165) is 18.9 Å². The van der Waals surface area contributed by atoms with Gasteiger partial charge in [0, 0.05) is 19.7 Å². The molecule has 0 aromatic heterocycles. The largest absolute Gasteiger partial charge is 0.396 e. The summed E-state index contributed by atoms with van der Waals surface area (Å²) in [5.41, 5.74) is 0.452. The van der Waals surface area contributed by atoms with E-state index < -0.39 is 0 Å². The minimum absolute atomic E-state index is 0.330. The number of hydrogen-bond acceptors (Lipinski definition) is 2. The van der Waals surface area contributed by atoms with E-state index in [1.54, 1.807) is 0 Å². The van der Waals surface area contributed by atoms with Crippen LogP contribution in [0.4, 0.5) is 0 Å². The van der Waals surface area contributed by atoms with Gasteiger partial charge in [0.15, 0.2) is 0 Å². The van der Waals surface area contributed by atoms with Crippen LogP contribution in [0.1, 0.15) is 33.6 Å². The molecular weight excluding hydrogens is 162 g/mol. The van der Waals surface area contributed by atoms with Crippen LogP contribution in [0.25, 0.3) is 0 Å². The van der Waals surface area contributed by atoms with Crippen molar-refractivity contribution < 1.29 is 5.11 Å². The van der Waals surface area contributed by atoms with Crippen LogP contribution in [0.3, 0.4) is 0 Å². The summed E-state index contributed by atoms with van der Waals surface area (Å²) in [5.74, 6) is 0.839. The van der Waals surface area contributed by atoms with Gasteiger partial charge in [0.25, 0.3) is 0 Å². The van der Waals surface area contributed by atoms with E-state index in [1.807, 2.05) is 0 Å². The molecule has 2 nitrogen and oxygen atoms in total. The highest BCUT2D eigenvalue weighted by atomic mass is 16.3. The molecule has 1 saturated heterocycles. The summed E-state index contributed by atoms with van der Waals surface area (Å²) < 4.78 is 0. The van der Waals surface area contributed by atoms with Gasteiger partial charge in [0.05, 0.1) is 0 Å². The summed E-state index contributed by atoms with van der Waals surface area (Å²) in [5, 5.41) is 8.73. The lowest BCUT2D eigenvalue weighted by molar-refractivity contribution is 0.213. The van der Waals surface area contributed by atoms with Crippen molar-refractivity contribution in [2.45, 2.75) is 33.6 Å². The van der Waals surface area contributed by atoms with Gasteiger partial charge in [-0.2, -0.15) is 0 Å². The Morgan fingerprint density at radius 1 is 1.38 bits per heavy atom. The molecule has 0 amide bonds. The quantitative estimate of drug-likeness (QED) is 0.724. The van der Waals surface area contributed by atoms with E-state index in [0.29, 0.717) is 12.0 Å². The smallest absolute Gasteiger partial charge is 0.0443 e. The van der Waals surface area contributed by atoms with Crippen LogP contribution in [0.2, 0.25) is 0 Å². The predicted molar refractivity (Wildman–Crippen MR) is 55.7 cm³/mol. The molecule has 0 aromatic rings. The van der Waals surface area contributed by atoms with Crippen molar-refractivity contribution in [1.82, 2.24) is 4.90 Å². The van der Waals surface area contributed by atoms with Gasteiger partial charge in [-0.25, -0.2) is 0 Å². The maximum atomic E-state index is 8.73. The normalized spacial score (nSPS) is 25.4. The third kappa shape index (κ3) is 3.28. The highest BCUT2D eigenvalue weighted by Gasteiger charge is 2.31. The van der Waals surface area contributed by atoms with Crippen LogP contribution < -0.4 is 0 Å². The molecule has 2 heteroatoms. The molecule has 0 saturated carbocycles. The second kappa shape index (κ2) is 4.43. The van der Waals surface area contributed by atoms with E-state index in [1.165, 1.54) is 19.5 Å². The molecule has 1 aliphatic rings. The van der Waals surface area contributed by atoms with Crippen molar-refractivity contribution in [3.05, 3.63) is 0 Å². The zero-order valence-electron chi connectivity index (χ0n) is 9.21. The molecule has 1 aliphatic heterocycles. The number of aliphatic hydroxyl groups excluding tert-OH is 1. The molecule has 0 aliphatic carbocycles. The zero-order valence-corrected chi connectivity index (χ0v) is 9.21. The molecule has 0 radical (unpaired) electrons. The second-order valence-corrected chi connectivity index (χ2v) is 5.23. The Morgan fingerprint density at radius 2 is 2.08 bits per heavy atom. The van der Waals surface area contributed by atoms with Gasteiger partial charge in [-0.1, -0.05) is 20.8 Å². The predicted octanol–water partition coefficient (Wildman–Crippen LogP) is 1.74. The van der Waals surface area contributed by atoms with Gasteiger partial charge < -0.3 is 10.0 Å². The minimum Gasteiger partial charge on any atom is -0.396 e. The van der Waals surface area contributed by atoms with Gasteiger partial charge in [0.1, 0.15) is 0 Å². The Morgan fingerprint density at radius 3 is 2.54 bits per heavy atom. The Hall–Kier alpha value is -0.0800. The van der Waals surface area contributed by atoms with Gasteiger partial charge in [-0.15, -0.1) is 0 Å². The number of aliphatic hydroxyl groups is 1. The van der Waals surface area contributed by atoms with E-state index in [9.17, 15) is 0 Å². The first-order valence-corrected chi connectivity index (χ1v) is 5.37. The van der Waals surface area contributed by atoms with Gasteiger partial charge in [-0.3, -0.25) is 0 Å². The molecule has 1 fully saturated rings. The van der Waals surface area contributed by atoms with E-state index in [-0.39, 0.29) is 0 Å². The molecule has 1 N–H and O–H groups in total. The topological polar surface area (TPSA) is 23.5 Å². The minimum atomic E-state index is 0.330. The van der Waals surface area contributed by atoms with Crippen molar-refractivity contribution >= 4 is 0 Å². The summed E-state index contributed by atoms with van der Waals surface area (Å²) in [6.45, 7) is 10.8. The highest BCUT2D eigenvalue weighted by molar-refractivity contribution is 4.83. The van der Waals surface area contributed by atoms with Crippen LogP contribution in [0.15, 0.2) is 0 Å². The van der Waals surface area contributed by atoms with E-state index >= 15 is 0 Å². The summed E-state index contributed by atoms with van der Waals surface area (Å²) in [6, 6.07) is 0. The highest BCUT2D eigenvalue weighted by Crippen LogP contribution is 2.33. The molecule has 1 rings (SSSR count). The van der Waals surface area contributed by atoms with Crippen molar-refractivity contribution in [2.75, 3.05) is 26.2 Å². The number of rotatable bonds is 3. The first kappa shape index (κ1) is 11.0. The molecule has 0 bridgehead atoms. The molecular formula is C11H23NO. The Labute approximate surface area is 81.9 Å². The summed E-state index contributed by atoms with van der Waals surface area (Å²) in [6.07, 6.45) is 2.26. The third-order valence-corrected chi connectivity index (χ3v) is 3.13. The summed E-state index contributed by atoms with van der Waals surface area (Å²) >= 11 is 0. The van der Waals surface area contributed by atoms with Crippen molar-refractivity contribution in [3.8, 4) is 0 Å². The maximum absolute atomic E-state index is 8.73. The first-order chi connectivity index (χ1) is 6.04. The van der Waals surface area contributed by atoms with E-state index in [2.05, 4.69) is 25.7 Å². The lowest BCUT2D eigenvalue weighted by Gasteiger charge is -2.27. The van der Waals surface area contributed by atoms with Crippen LogP contribution >= 0.6 is 0 Å². The molecule has 1 atom stereocenters. The average Bonchev–Trinajstić information content (AvgIpc) is 2.47. The fraction of sp³-hybridized carbons (Fsp3) is 1.00. The molecule has 0 aromatic carbocycles. The SMILES string of the molecule is CC(C)(C)C1CCN(CCCO)C1.